The lowest BCUT2D eigenvalue weighted by molar-refractivity contribution is 0.119. The molecule has 2 aliphatic carbocycles. The van der Waals surface area contributed by atoms with Crippen LogP contribution in [0.2, 0.25) is 0 Å². The fraction of sp³-hybridized carbons (Fsp3) is 0.800. The zero-order valence-electron chi connectivity index (χ0n) is 11.9. The number of hydrogen-bond acceptors (Lipinski definition) is 3. The van der Waals surface area contributed by atoms with E-state index < -0.39 is 0 Å². The molecule has 0 spiro atoms. The Morgan fingerprint density at radius 1 is 1.44 bits per heavy atom. The second-order valence-corrected chi connectivity index (χ2v) is 6.98. The van der Waals surface area contributed by atoms with Gasteiger partial charge in [0.05, 0.1) is 12.2 Å². The van der Waals surface area contributed by atoms with Crippen molar-refractivity contribution in [2.24, 2.45) is 16.7 Å². The zero-order valence-corrected chi connectivity index (χ0v) is 11.9. The molecule has 3 unspecified atom stereocenters. The molecule has 1 aromatic rings. The summed E-state index contributed by atoms with van der Waals surface area (Å²) in [4.78, 5) is 0. The first-order valence-corrected chi connectivity index (χ1v) is 7.09. The Balaban J connectivity index is 1.69. The van der Waals surface area contributed by atoms with Gasteiger partial charge in [0.2, 0.25) is 0 Å². The molecule has 3 rings (SSSR count). The van der Waals surface area contributed by atoms with Crippen molar-refractivity contribution in [2.45, 2.75) is 59.5 Å². The highest BCUT2D eigenvalue weighted by Crippen LogP contribution is 2.65. The van der Waals surface area contributed by atoms with E-state index in [1.807, 2.05) is 13.0 Å². The molecule has 0 saturated heterocycles. The maximum atomic E-state index is 5.28. The highest BCUT2D eigenvalue weighted by molar-refractivity contribution is 5.13. The van der Waals surface area contributed by atoms with Gasteiger partial charge in [-0.2, -0.15) is 0 Å². The molecule has 0 radical (unpaired) electrons. The van der Waals surface area contributed by atoms with E-state index in [0.29, 0.717) is 16.9 Å². The second kappa shape index (κ2) is 3.83. The largest absolute Gasteiger partial charge is 0.360 e. The van der Waals surface area contributed by atoms with Crippen molar-refractivity contribution in [3.05, 3.63) is 17.5 Å². The molecule has 3 heteroatoms. The highest BCUT2D eigenvalue weighted by atomic mass is 16.5. The summed E-state index contributed by atoms with van der Waals surface area (Å²) in [5.74, 6) is 1.84. The molecule has 1 N–H and O–H groups in total. The summed E-state index contributed by atoms with van der Waals surface area (Å²) >= 11 is 0. The first-order chi connectivity index (χ1) is 8.43. The Hall–Kier alpha value is -0.830. The van der Waals surface area contributed by atoms with Gasteiger partial charge in [0.25, 0.3) is 0 Å². The van der Waals surface area contributed by atoms with Crippen molar-refractivity contribution in [3.63, 3.8) is 0 Å². The van der Waals surface area contributed by atoms with Crippen molar-refractivity contribution in [1.82, 2.24) is 10.5 Å². The summed E-state index contributed by atoms with van der Waals surface area (Å²) in [6.07, 6.45) is 4.08. The minimum absolute atomic E-state index is 0.437. The van der Waals surface area contributed by atoms with Crippen LogP contribution in [0.4, 0.5) is 0 Å². The van der Waals surface area contributed by atoms with E-state index in [1.165, 1.54) is 19.3 Å². The van der Waals surface area contributed by atoms with Crippen LogP contribution in [-0.4, -0.2) is 11.2 Å². The lowest BCUT2D eigenvalue weighted by Gasteiger charge is -2.39. The van der Waals surface area contributed by atoms with Gasteiger partial charge in [-0.25, -0.2) is 0 Å². The SMILES string of the molecule is Cc1cc(CNC2CC3CCC2(C)C3(C)C)on1. The van der Waals surface area contributed by atoms with Crippen LogP contribution >= 0.6 is 0 Å². The van der Waals surface area contributed by atoms with Gasteiger partial charge >= 0.3 is 0 Å². The Labute approximate surface area is 109 Å². The minimum Gasteiger partial charge on any atom is -0.360 e. The van der Waals surface area contributed by atoms with E-state index in [4.69, 9.17) is 4.52 Å². The van der Waals surface area contributed by atoms with Gasteiger partial charge in [0.1, 0.15) is 0 Å². The van der Waals surface area contributed by atoms with Gasteiger partial charge in [-0.1, -0.05) is 25.9 Å². The number of nitrogens with one attached hydrogen (secondary N) is 1. The van der Waals surface area contributed by atoms with E-state index >= 15 is 0 Å². The third-order valence-corrected chi connectivity index (χ3v) is 5.99. The molecule has 100 valence electrons. The Kier molecular flexibility index (Phi) is 2.60. The summed E-state index contributed by atoms with van der Waals surface area (Å²) in [6, 6.07) is 2.64. The maximum absolute atomic E-state index is 5.28. The van der Waals surface area contributed by atoms with Crippen LogP contribution in [0.3, 0.4) is 0 Å². The highest BCUT2D eigenvalue weighted by Gasteiger charge is 2.60. The molecule has 1 aromatic heterocycles. The van der Waals surface area contributed by atoms with Crippen LogP contribution in [0.1, 0.15) is 51.5 Å². The summed E-state index contributed by atoms with van der Waals surface area (Å²) in [5, 5.41) is 7.65. The second-order valence-electron chi connectivity index (χ2n) is 6.98. The number of aryl methyl sites for hydroxylation is 1. The monoisotopic (exact) mass is 248 g/mol. The van der Waals surface area contributed by atoms with Gasteiger partial charge in [0.15, 0.2) is 5.76 Å². The lowest BCUT2D eigenvalue weighted by Crippen LogP contribution is -2.44. The first kappa shape index (κ1) is 12.2. The number of rotatable bonds is 3. The zero-order chi connectivity index (χ0) is 13.0. The van der Waals surface area contributed by atoms with E-state index in [1.54, 1.807) is 0 Å². The number of aromatic nitrogens is 1. The first-order valence-electron chi connectivity index (χ1n) is 7.09. The van der Waals surface area contributed by atoms with Crippen LogP contribution < -0.4 is 5.32 Å². The standard InChI is InChI=1S/C15H24N2O/c1-10-7-12(18-17-10)9-16-13-8-11-5-6-15(13,4)14(11,2)3/h7,11,13,16H,5-6,8-9H2,1-4H3. The van der Waals surface area contributed by atoms with Crippen molar-refractivity contribution in [1.29, 1.82) is 0 Å². The van der Waals surface area contributed by atoms with Crippen LogP contribution in [0, 0.1) is 23.7 Å². The molecule has 1 heterocycles. The smallest absolute Gasteiger partial charge is 0.150 e. The third-order valence-electron chi connectivity index (χ3n) is 5.99. The van der Waals surface area contributed by atoms with Crippen LogP contribution in [-0.2, 0) is 6.54 Å². The third kappa shape index (κ3) is 1.56. The van der Waals surface area contributed by atoms with Gasteiger partial charge < -0.3 is 9.84 Å². The van der Waals surface area contributed by atoms with Crippen LogP contribution in [0.5, 0.6) is 0 Å². The van der Waals surface area contributed by atoms with Crippen molar-refractivity contribution in [2.75, 3.05) is 0 Å². The van der Waals surface area contributed by atoms with Gasteiger partial charge in [0, 0.05) is 12.1 Å². The van der Waals surface area contributed by atoms with E-state index in [-0.39, 0.29) is 0 Å². The normalized spacial score (nSPS) is 37.3. The Bertz CT molecular complexity index is 451. The van der Waals surface area contributed by atoms with Crippen molar-refractivity contribution < 1.29 is 4.52 Å². The molecule has 2 fully saturated rings. The molecule has 2 saturated carbocycles. The molecular formula is C15H24N2O. The molecule has 0 aliphatic heterocycles. The summed E-state index contributed by atoms with van der Waals surface area (Å²) in [6.45, 7) is 10.1. The molecule has 2 aliphatic rings. The molecular weight excluding hydrogens is 224 g/mol. The predicted molar refractivity (Wildman–Crippen MR) is 71.1 cm³/mol. The average Bonchev–Trinajstić information content (AvgIpc) is 2.87. The van der Waals surface area contributed by atoms with Crippen LogP contribution in [0.25, 0.3) is 0 Å². The number of nitrogens with zero attached hydrogens (tertiary/aromatic N) is 1. The Morgan fingerprint density at radius 2 is 2.22 bits per heavy atom. The van der Waals surface area contributed by atoms with Gasteiger partial charge in [-0.05, 0) is 42.9 Å². The summed E-state index contributed by atoms with van der Waals surface area (Å²) in [7, 11) is 0. The molecule has 3 atom stereocenters. The predicted octanol–water partition coefficient (Wildman–Crippen LogP) is 3.29. The van der Waals surface area contributed by atoms with Crippen molar-refractivity contribution in [3.8, 4) is 0 Å². The number of hydrogen-bond donors (Lipinski definition) is 1. The fourth-order valence-corrected chi connectivity index (χ4v) is 4.24. The van der Waals surface area contributed by atoms with Crippen molar-refractivity contribution >= 4 is 0 Å². The van der Waals surface area contributed by atoms with Gasteiger partial charge in [-0.3, -0.25) is 0 Å². The Morgan fingerprint density at radius 3 is 2.72 bits per heavy atom. The van der Waals surface area contributed by atoms with E-state index in [0.717, 1.165) is 23.9 Å². The molecule has 0 aromatic carbocycles. The minimum atomic E-state index is 0.437. The van der Waals surface area contributed by atoms with E-state index in [2.05, 4.69) is 31.2 Å². The van der Waals surface area contributed by atoms with E-state index in [9.17, 15) is 0 Å². The molecule has 2 bridgehead atoms. The quantitative estimate of drug-likeness (QED) is 0.892. The fourth-order valence-electron chi connectivity index (χ4n) is 4.24. The maximum Gasteiger partial charge on any atom is 0.150 e. The topological polar surface area (TPSA) is 38.1 Å². The van der Waals surface area contributed by atoms with Crippen LogP contribution in [0.15, 0.2) is 10.6 Å². The summed E-state index contributed by atoms with van der Waals surface area (Å²) < 4.78 is 5.28. The molecule has 18 heavy (non-hydrogen) atoms. The molecule has 0 amide bonds. The lowest BCUT2D eigenvalue weighted by atomic mass is 9.69. The molecule has 3 nitrogen and oxygen atoms in total. The average molecular weight is 248 g/mol. The summed E-state index contributed by atoms with van der Waals surface area (Å²) in [5.41, 5.74) is 1.88. The number of fused-ring (bicyclic) bond motifs is 2. The van der Waals surface area contributed by atoms with Gasteiger partial charge in [-0.15, -0.1) is 0 Å².